The van der Waals surface area contributed by atoms with Crippen molar-refractivity contribution in [2.45, 2.75) is 12.7 Å². The summed E-state index contributed by atoms with van der Waals surface area (Å²) in [5, 5.41) is 3.64. The smallest absolute Gasteiger partial charge is 0.366 e. The monoisotopic (exact) mass is 405 g/mol. The fourth-order valence-electron chi connectivity index (χ4n) is 2.72. The van der Waals surface area contributed by atoms with Crippen LogP contribution in [0.25, 0.3) is 11.1 Å². The molecule has 0 unspecified atom stereocenters. The SMILES string of the molecule is NC(=O)c1ccc(-c2cccnc2NCc2ccc(Cl)cc2)c(C(F)(F)F)c1. The number of nitrogens with zero attached hydrogens (tertiary/aromatic N) is 1. The van der Waals surface area contributed by atoms with E-state index in [2.05, 4.69) is 10.3 Å². The molecule has 0 atom stereocenters. The van der Waals surface area contributed by atoms with Gasteiger partial charge in [0, 0.05) is 28.9 Å². The number of primary amides is 1. The van der Waals surface area contributed by atoms with Crippen molar-refractivity contribution in [2.75, 3.05) is 5.32 Å². The summed E-state index contributed by atoms with van der Waals surface area (Å²) in [6.45, 7) is 0.349. The van der Waals surface area contributed by atoms with Crippen molar-refractivity contribution in [3.63, 3.8) is 0 Å². The lowest BCUT2D eigenvalue weighted by Gasteiger charge is -2.17. The van der Waals surface area contributed by atoms with E-state index in [1.165, 1.54) is 24.4 Å². The molecular formula is C20H15ClF3N3O. The third-order valence-corrected chi connectivity index (χ3v) is 4.33. The van der Waals surface area contributed by atoms with Crippen molar-refractivity contribution in [1.29, 1.82) is 0 Å². The molecule has 0 saturated heterocycles. The Morgan fingerprint density at radius 2 is 1.79 bits per heavy atom. The van der Waals surface area contributed by atoms with Crippen LogP contribution in [0.4, 0.5) is 19.0 Å². The first-order valence-electron chi connectivity index (χ1n) is 8.20. The van der Waals surface area contributed by atoms with E-state index < -0.39 is 17.6 Å². The molecule has 28 heavy (non-hydrogen) atoms. The highest BCUT2D eigenvalue weighted by Crippen LogP contribution is 2.39. The number of nitrogens with two attached hydrogens (primary N) is 1. The number of nitrogens with one attached hydrogen (secondary N) is 1. The third-order valence-electron chi connectivity index (χ3n) is 4.08. The second kappa shape index (κ2) is 7.90. The zero-order valence-corrected chi connectivity index (χ0v) is 15.2. The summed E-state index contributed by atoms with van der Waals surface area (Å²) in [5.41, 5.74) is 5.02. The van der Waals surface area contributed by atoms with E-state index in [1.807, 2.05) is 0 Å². The Kier molecular flexibility index (Phi) is 5.56. The average molecular weight is 406 g/mol. The van der Waals surface area contributed by atoms with Gasteiger partial charge in [0.2, 0.25) is 5.91 Å². The molecular weight excluding hydrogens is 391 g/mol. The normalized spacial score (nSPS) is 11.3. The number of benzene rings is 2. The van der Waals surface area contributed by atoms with Gasteiger partial charge in [-0.1, -0.05) is 29.8 Å². The first-order chi connectivity index (χ1) is 13.3. The van der Waals surface area contributed by atoms with E-state index in [9.17, 15) is 18.0 Å². The van der Waals surface area contributed by atoms with E-state index in [4.69, 9.17) is 17.3 Å². The summed E-state index contributed by atoms with van der Waals surface area (Å²) in [6.07, 6.45) is -3.18. The Labute approximate surface area is 164 Å². The van der Waals surface area contributed by atoms with Crippen LogP contribution in [0.15, 0.2) is 60.8 Å². The van der Waals surface area contributed by atoms with Crippen LogP contribution in [0.5, 0.6) is 0 Å². The Bertz CT molecular complexity index is 1000. The molecule has 0 aliphatic rings. The van der Waals surface area contributed by atoms with Gasteiger partial charge in [0.15, 0.2) is 0 Å². The maximum atomic E-state index is 13.6. The van der Waals surface area contributed by atoms with Gasteiger partial charge in [0.25, 0.3) is 0 Å². The molecule has 3 rings (SSSR count). The number of halogens is 4. The molecule has 0 saturated carbocycles. The second-order valence-electron chi connectivity index (χ2n) is 6.00. The predicted octanol–water partition coefficient (Wildman–Crippen LogP) is 5.13. The van der Waals surface area contributed by atoms with Crippen LogP contribution in [0.1, 0.15) is 21.5 Å². The average Bonchev–Trinajstić information content (AvgIpc) is 2.66. The highest BCUT2D eigenvalue weighted by molar-refractivity contribution is 6.30. The van der Waals surface area contributed by atoms with Crippen molar-refractivity contribution in [3.8, 4) is 11.1 Å². The Hall–Kier alpha value is -3.06. The number of carbonyl (C=O) groups excluding carboxylic acids is 1. The van der Waals surface area contributed by atoms with Crippen molar-refractivity contribution >= 4 is 23.3 Å². The molecule has 0 spiro atoms. The van der Waals surface area contributed by atoms with Gasteiger partial charge in [0.1, 0.15) is 5.82 Å². The largest absolute Gasteiger partial charge is 0.417 e. The fraction of sp³-hybridized carbons (Fsp3) is 0.100. The van der Waals surface area contributed by atoms with Gasteiger partial charge < -0.3 is 11.1 Å². The summed E-state index contributed by atoms with van der Waals surface area (Å²) in [7, 11) is 0. The second-order valence-corrected chi connectivity index (χ2v) is 6.44. The predicted molar refractivity (Wildman–Crippen MR) is 102 cm³/mol. The molecule has 144 valence electrons. The van der Waals surface area contributed by atoms with Gasteiger partial charge >= 0.3 is 6.18 Å². The number of carbonyl (C=O) groups is 1. The zero-order valence-electron chi connectivity index (χ0n) is 14.4. The fourth-order valence-corrected chi connectivity index (χ4v) is 2.84. The molecule has 0 radical (unpaired) electrons. The van der Waals surface area contributed by atoms with E-state index in [0.717, 1.165) is 11.6 Å². The summed E-state index contributed by atoms with van der Waals surface area (Å²) >= 11 is 5.86. The highest BCUT2D eigenvalue weighted by atomic mass is 35.5. The molecule has 0 bridgehead atoms. The number of alkyl halides is 3. The first kappa shape index (κ1) is 19.7. The van der Waals surface area contributed by atoms with Crippen LogP contribution < -0.4 is 11.1 Å². The minimum Gasteiger partial charge on any atom is -0.366 e. The Morgan fingerprint density at radius 3 is 2.43 bits per heavy atom. The number of amides is 1. The van der Waals surface area contributed by atoms with Crippen molar-refractivity contribution in [1.82, 2.24) is 4.98 Å². The van der Waals surface area contributed by atoms with Gasteiger partial charge in [-0.2, -0.15) is 13.2 Å². The van der Waals surface area contributed by atoms with Crippen LogP contribution in [0.3, 0.4) is 0 Å². The quantitative estimate of drug-likeness (QED) is 0.618. The molecule has 3 aromatic rings. The molecule has 1 aromatic heterocycles. The van der Waals surface area contributed by atoms with Crippen molar-refractivity contribution < 1.29 is 18.0 Å². The molecule has 0 fully saturated rings. The number of aromatic nitrogens is 1. The molecule has 1 amide bonds. The maximum absolute atomic E-state index is 13.6. The minimum absolute atomic E-state index is 0.0933. The van der Waals surface area contributed by atoms with Gasteiger partial charge in [-0.3, -0.25) is 4.79 Å². The molecule has 8 heteroatoms. The molecule has 3 N–H and O–H groups in total. The van der Waals surface area contributed by atoms with E-state index in [1.54, 1.807) is 30.3 Å². The molecule has 0 aliphatic heterocycles. The summed E-state index contributed by atoms with van der Waals surface area (Å²) in [4.78, 5) is 15.5. The summed E-state index contributed by atoms with van der Waals surface area (Å²) in [5.74, 6) is -0.640. The minimum atomic E-state index is -4.66. The first-order valence-corrected chi connectivity index (χ1v) is 8.58. The number of pyridine rings is 1. The number of anilines is 1. The number of rotatable bonds is 5. The van der Waals surface area contributed by atoms with Gasteiger partial charge in [-0.15, -0.1) is 0 Å². The molecule has 0 aliphatic carbocycles. The topological polar surface area (TPSA) is 68.0 Å². The van der Waals surface area contributed by atoms with Crippen LogP contribution in [0.2, 0.25) is 5.02 Å². The number of hydrogen-bond acceptors (Lipinski definition) is 3. The van der Waals surface area contributed by atoms with Crippen LogP contribution in [0, 0.1) is 0 Å². The van der Waals surface area contributed by atoms with Gasteiger partial charge in [-0.25, -0.2) is 4.98 Å². The van der Waals surface area contributed by atoms with Crippen LogP contribution in [-0.2, 0) is 12.7 Å². The molecule has 4 nitrogen and oxygen atoms in total. The zero-order chi connectivity index (χ0) is 20.3. The lowest BCUT2D eigenvalue weighted by molar-refractivity contribution is -0.137. The Morgan fingerprint density at radius 1 is 1.07 bits per heavy atom. The highest BCUT2D eigenvalue weighted by Gasteiger charge is 2.35. The molecule has 1 heterocycles. The lowest BCUT2D eigenvalue weighted by atomic mass is 9.97. The summed E-state index contributed by atoms with van der Waals surface area (Å²) < 4.78 is 40.8. The third kappa shape index (κ3) is 4.43. The number of hydrogen-bond donors (Lipinski definition) is 2. The molecule has 2 aromatic carbocycles. The van der Waals surface area contributed by atoms with Crippen LogP contribution >= 0.6 is 11.6 Å². The standard InChI is InChI=1S/C20H15ClF3N3O/c21-14-6-3-12(4-7-14)11-27-19-16(2-1-9-26-19)15-8-5-13(18(25)28)10-17(15)20(22,23)24/h1-10H,11H2,(H2,25,28)(H,26,27). The van der Waals surface area contributed by atoms with Crippen LogP contribution in [-0.4, -0.2) is 10.9 Å². The summed E-state index contributed by atoms with van der Waals surface area (Å²) in [6, 6.07) is 13.4. The van der Waals surface area contributed by atoms with Crippen molar-refractivity contribution in [2.24, 2.45) is 5.73 Å². The lowest BCUT2D eigenvalue weighted by Crippen LogP contribution is -2.15. The van der Waals surface area contributed by atoms with E-state index in [-0.39, 0.29) is 22.5 Å². The van der Waals surface area contributed by atoms with E-state index >= 15 is 0 Å². The Balaban J connectivity index is 2.00. The maximum Gasteiger partial charge on any atom is 0.417 e. The van der Waals surface area contributed by atoms with Gasteiger partial charge in [0.05, 0.1) is 5.56 Å². The van der Waals surface area contributed by atoms with Gasteiger partial charge in [-0.05, 0) is 47.5 Å². The van der Waals surface area contributed by atoms with E-state index in [0.29, 0.717) is 11.6 Å². The van der Waals surface area contributed by atoms with Crippen molar-refractivity contribution in [3.05, 3.63) is 82.5 Å².